The maximum absolute atomic E-state index is 14.3. The summed E-state index contributed by atoms with van der Waals surface area (Å²) in [5, 5.41) is 0. The Bertz CT molecular complexity index is 1070. The Hall–Kier alpha value is -1.53. The van der Waals surface area contributed by atoms with Gasteiger partial charge in [-0.3, -0.25) is 4.18 Å². The van der Waals surface area contributed by atoms with Gasteiger partial charge >= 0.3 is 0 Å². The van der Waals surface area contributed by atoms with Gasteiger partial charge in [0.05, 0.1) is 24.7 Å². The first kappa shape index (κ1) is 28.6. The summed E-state index contributed by atoms with van der Waals surface area (Å²) in [5.41, 5.74) is 5.24. The quantitative estimate of drug-likeness (QED) is 0.305. The lowest BCUT2D eigenvalue weighted by atomic mass is 9.76. The second kappa shape index (κ2) is 13.6. The molecule has 1 saturated heterocycles. The summed E-state index contributed by atoms with van der Waals surface area (Å²) < 4.78 is 32.8. The molecule has 1 heterocycles. The average Bonchev–Trinajstić information content (AvgIpc) is 3.52. The zero-order valence-electron chi connectivity index (χ0n) is 24.2. The minimum absolute atomic E-state index is 0.333. The predicted molar refractivity (Wildman–Crippen MR) is 161 cm³/mol. The van der Waals surface area contributed by atoms with Crippen LogP contribution in [0, 0.1) is 0 Å². The van der Waals surface area contributed by atoms with E-state index in [4.69, 9.17) is 13.7 Å². The van der Waals surface area contributed by atoms with Crippen LogP contribution in [-0.4, -0.2) is 24.0 Å². The highest BCUT2D eigenvalue weighted by atomic mass is 32.2. The number of hydrogen-bond acceptors (Lipinski definition) is 4. The lowest BCUT2D eigenvalue weighted by molar-refractivity contribution is -0.174. The molecule has 0 aromatic heterocycles. The van der Waals surface area contributed by atoms with E-state index in [9.17, 15) is 4.21 Å². The van der Waals surface area contributed by atoms with Crippen LogP contribution < -0.4 is 0 Å². The third-order valence-corrected chi connectivity index (χ3v) is 11.3. The monoisotopic (exact) mass is 564 g/mol. The van der Waals surface area contributed by atoms with Crippen LogP contribution in [-0.2, 0) is 30.5 Å². The van der Waals surface area contributed by atoms with Crippen LogP contribution in [0.1, 0.15) is 143 Å². The molecule has 6 rings (SSSR count). The maximum atomic E-state index is 14.3. The molecular weight excluding hydrogens is 516 g/mol. The highest BCUT2D eigenvalue weighted by Crippen LogP contribution is 2.45. The zero-order chi connectivity index (χ0) is 27.2. The van der Waals surface area contributed by atoms with E-state index in [1.807, 2.05) is 18.2 Å². The fraction of sp³-hybridized carbons (Fsp3) is 0.657. The van der Waals surface area contributed by atoms with Crippen molar-refractivity contribution in [3.05, 3.63) is 64.7 Å². The van der Waals surface area contributed by atoms with Crippen molar-refractivity contribution in [1.29, 1.82) is 0 Å². The molecule has 0 amide bonds. The highest BCUT2D eigenvalue weighted by molar-refractivity contribution is 7.80. The van der Waals surface area contributed by atoms with E-state index in [0.717, 1.165) is 10.5 Å². The summed E-state index contributed by atoms with van der Waals surface area (Å²) in [6.07, 6.45) is 19.8. The minimum atomic E-state index is -1.51. The van der Waals surface area contributed by atoms with E-state index in [1.54, 1.807) is 0 Å². The molecule has 5 heteroatoms. The summed E-state index contributed by atoms with van der Waals surface area (Å²) in [5.74, 6) is 0.845. The summed E-state index contributed by atoms with van der Waals surface area (Å²) in [7, 11) is 0. The predicted octanol–water partition coefficient (Wildman–Crippen LogP) is 9.16. The van der Waals surface area contributed by atoms with Crippen molar-refractivity contribution < 1.29 is 17.9 Å². The summed E-state index contributed by atoms with van der Waals surface area (Å²) in [4.78, 5) is 1.03. The van der Waals surface area contributed by atoms with Gasteiger partial charge in [-0.2, -0.15) is 0 Å². The Morgan fingerprint density at radius 3 is 1.73 bits per heavy atom. The van der Waals surface area contributed by atoms with Crippen molar-refractivity contribution in [2.75, 3.05) is 19.8 Å². The van der Waals surface area contributed by atoms with Gasteiger partial charge in [-0.15, -0.1) is 0 Å². The lowest BCUT2D eigenvalue weighted by Crippen LogP contribution is -2.29. The number of ether oxygens (including phenoxy) is 2. The molecular formula is C35H48O4S. The molecule has 218 valence electrons. The first-order valence-electron chi connectivity index (χ1n) is 16.3. The Balaban J connectivity index is 1.31. The second-order valence-electron chi connectivity index (χ2n) is 12.7. The fourth-order valence-electron chi connectivity index (χ4n) is 7.91. The van der Waals surface area contributed by atoms with Crippen molar-refractivity contribution in [2.45, 2.75) is 131 Å². The van der Waals surface area contributed by atoms with Gasteiger partial charge in [0.25, 0.3) is 0 Å². The molecule has 2 aromatic rings. The van der Waals surface area contributed by atoms with Crippen LogP contribution in [0.25, 0.3) is 0 Å². The molecule has 3 saturated carbocycles. The highest BCUT2D eigenvalue weighted by Gasteiger charge is 2.39. The van der Waals surface area contributed by atoms with Gasteiger partial charge < -0.3 is 9.47 Å². The van der Waals surface area contributed by atoms with Gasteiger partial charge in [0, 0.05) is 12.0 Å². The smallest absolute Gasteiger partial charge is 0.197 e. The molecule has 4 nitrogen and oxygen atoms in total. The van der Waals surface area contributed by atoms with Crippen LogP contribution in [0.2, 0.25) is 0 Å². The molecule has 1 atom stereocenters. The van der Waals surface area contributed by atoms with E-state index < -0.39 is 16.9 Å². The minimum Gasteiger partial charge on any atom is -0.343 e. The molecule has 2 aromatic carbocycles. The van der Waals surface area contributed by atoms with Crippen molar-refractivity contribution >= 4 is 11.1 Å². The molecule has 0 bridgehead atoms. The average molecular weight is 565 g/mol. The Morgan fingerprint density at radius 2 is 1.20 bits per heavy atom. The topological polar surface area (TPSA) is 44.8 Å². The van der Waals surface area contributed by atoms with Crippen molar-refractivity contribution in [3.63, 3.8) is 0 Å². The van der Waals surface area contributed by atoms with Gasteiger partial charge in [-0.05, 0) is 73.0 Å². The van der Waals surface area contributed by atoms with Crippen molar-refractivity contribution in [2.24, 2.45) is 0 Å². The van der Waals surface area contributed by atoms with Crippen LogP contribution in [0.4, 0.5) is 0 Å². The summed E-state index contributed by atoms with van der Waals surface area (Å²) in [6, 6.07) is 15.1. The number of rotatable bonds is 9. The number of hydrogen-bond donors (Lipinski definition) is 0. The lowest BCUT2D eigenvalue weighted by Gasteiger charge is -2.32. The normalized spacial score (nSPS) is 23.8. The van der Waals surface area contributed by atoms with E-state index >= 15 is 0 Å². The molecule has 0 N–H and O–H groups in total. The van der Waals surface area contributed by atoms with E-state index in [-0.39, 0.29) is 0 Å². The van der Waals surface area contributed by atoms with Gasteiger partial charge in [-0.1, -0.05) is 100 Å². The Kier molecular flexibility index (Phi) is 9.74. The van der Waals surface area contributed by atoms with Gasteiger partial charge in [-0.25, -0.2) is 4.21 Å². The van der Waals surface area contributed by atoms with Crippen LogP contribution >= 0.6 is 0 Å². The molecule has 0 spiro atoms. The molecule has 4 fully saturated rings. The third kappa shape index (κ3) is 6.43. The Labute approximate surface area is 244 Å². The van der Waals surface area contributed by atoms with Crippen LogP contribution in [0.5, 0.6) is 0 Å². The molecule has 1 aliphatic heterocycles. The molecule has 4 aliphatic rings. The maximum Gasteiger partial charge on any atom is 0.197 e. The molecule has 40 heavy (non-hydrogen) atoms. The zero-order valence-corrected chi connectivity index (χ0v) is 25.1. The fourth-order valence-corrected chi connectivity index (χ4v) is 9.10. The van der Waals surface area contributed by atoms with E-state index in [2.05, 4.69) is 24.3 Å². The second-order valence-corrected chi connectivity index (χ2v) is 13.8. The summed E-state index contributed by atoms with van der Waals surface area (Å²) in [6.45, 7) is 1.47. The summed E-state index contributed by atoms with van der Waals surface area (Å²) >= 11 is -1.51. The van der Waals surface area contributed by atoms with Crippen molar-refractivity contribution in [3.8, 4) is 0 Å². The molecule has 0 radical (unpaired) electrons. The number of benzene rings is 2. The molecule has 3 aliphatic carbocycles. The SMILES string of the molecule is O=S(OCCC1(c2ccccc2)OCCO1)c1c(C2CCCCC2)cc(C2CCCCC2)cc1C1CCCCC1. The van der Waals surface area contributed by atoms with E-state index in [0.29, 0.717) is 44.0 Å². The third-order valence-electron chi connectivity index (χ3n) is 10.1. The van der Waals surface area contributed by atoms with Gasteiger partial charge in [0.1, 0.15) is 0 Å². The van der Waals surface area contributed by atoms with Crippen LogP contribution in [0.15, 0.2) is 47.4 Å². The van der Waals surface area contributed by atoms with Gasteiger partial charge in [0.15, 0.2) is 16.9 Å². The first-order chi connectivity index (χ1) is 19.7. The Morgan fingerprint density at radius 1 is 0.700 bits per heavy atom. The van der Waals surface area contributed by atoms with Crippen molar-refractivity contribution in [1.82, 2.24) is 0 Å². The first-order valence-corrected chi connectivity index (χ1v) is 17.4. The standard InChI is InChI=1S/C35H48O4S/c36-40(39-22-21-35(37-23-24-38-35)31-19-11-4-12-20-31)34-32(28-15-7-2-8-16-28)25-30(27-13-5-1-6-14-27)26-33(34)29-17-9-3-10-18-29/h4,11-12,19-20,25-29H,1-3,5-10,13-18,21-24H2. The van der Waals surface area contributed by atoms with Crippen LogP contribution in [0.3, 0.4) is 0 Å². The molecule has 1 unspecified atom stereocenters. The largest absolute Gasteiger partial charge is 0.343 e. The van der Waals surface area contributed by atoms with E-state index in [1.165, 1.54) is 113 Å². The van der Waals surface area contributed by atoms with Gasteiger partial charge in [0.2, 0.25) is 0 Å².